The second-order valence-electron chi connectivity index (χ2n) is 4.95. The van der Waals surface area contributed by atoms with Gasteiger partial charge < -0.3 is 9.64 Å². The normalized spacial score (nSPS) is 11.1. The van der Waals surface area contributed by atoms with Crippen LogP contribution in [0.4, 0.5) is 5.69 Å². The third-order valence-electron chi connectivity index (χ3n) is 3.42. The van der Waals surface area contributed by atoms with Crippen molar-refractivity contribution in [3.63, 3.8) is 0 Å². The average Bonchev–Trinajstić information content (AvgIpc) is 2.55. The van der Waals surface area contributed by atoms with Gasteiger partial charge in [0.25, 0.3) is 9.05 Å². The summed E-state index contributed by atoms with van der Waals surface area (Å²) in [4.78, 5) is 12.9. The van der Waals surface area contributed by atoms with Gasteiger partial charge in [-0.3, -0.25) is 4.79 Å². The van der Waals surface area contributed by atoms with Crippen LogP contribution >= 0.6 is 22.3 Å². The summed E-state index contributed by atoms with van der Waals surface area (Å²) in [6.45, 7) is 0.382. The number of methoxy groups -OCH3 is 1. The van der Waals surface area contributed by atoms with E-state index in [4.69, 9.17) is 27.0 Å². The number of carbonyl (C=O) groups is 1. The van der Waals surface area contributed by atoms with Gasteiger partial charge in [-0.2, -0.15) is 0 Å². The fourth-order valence-corrected chi connectivity index (χ4v) is 3.12. The Morgan fingerprint density at radius 2 is 1.83 bits per heavy atom. The molecule has 128 valence electrons. The molecule has 0 aromatic heterocycles. The van der Waals surface area contributed by atoms with E-state index in [1.165, 1.54) is 24.1 Å². The van der Waals surface area contributed by atoms with Crippen LogP contribution in [0.1, 0.15) is 5.56 Å². The van der Waals surface area contributed by atoms with E-state index in [9.17, 15) is 13.2 Å². The van der Waals surface area contributed by atoms with E-state index < -0.39 is 9.05 Å². The van der Waals surface area contributed by atoms with Crippen LogP contribution in [-0.4, -0.2) is 28.5 Å². The van der Waals surface area contributed by atoms with Crippen molar-refractivity contribution in [2.75, 3.05) is 18.6 Å². The lowest BCUT2D eigenvalue weighted by Gasteiger charge is -2.20. The van der Waals surface area contributed by atoms with Crippen LogP contribution in [0.5, 0.6) is 5.75 Å². The molecule has 0 atom stereocenters. The van der Waals surface area contributed by atoms with Crippen LogP contribution in [0, 0.1) is 0 Å². The Hall–Kier alpha value is -1.76. The smallest absolute Gasteiger partial charge is 0.261 e. The second kappa shape index (κ2) is 7.88. The predicted octanol–water partition coefficient (Wildman–Crippen LogP) is 3.48. The third-order valence-corrected chi connectivity index (χ3v) is 5.03. The van der Waals surface area contributed by atoms with Crippen molar-refractivity contribution in [2.24, 2.45) is 0 Å². The number of amides is 1. The molecular weight excluding hydrogens is 373 g/mol. The molecule has 8 heteroatoms. The lowest BCUT2D eigenvalue weighted by Crippen LogP contribution is -2.24. The van der Waals surface area contributed by atoms with E-state index in [2.05, 4.69) is 0 Å². The van der Waals surface area contributed by atoms with Gasteiger partial charge in [0.15, 0.2) is 0 Å². The van der Waals surface area contributed by atoms with Gasteiger partial charge in [-0.05, 0) is 42.3 Å². The molecule has 0 aliphatic heterocycles. The summed E-state index contributed by atoms with van der Waals surface area (Å²) >= 11 is 5.98. The molecule has 2 aromatic carbocycles. The van der Waals surface area contributed by atoms with Crippen LogP contribution in [-0.2, 0) is 20.3 Å². The van der Waals surface area contributed by atoms with E-state index in [-0.39, 0.29) is 4.90 Å². The maximum absolute atomic E-state index is 11.4. The minimum Gasteiger partial charge on any atom is -0.495 e. The molecular formula is C16H15Cl2NO4S. The molecule has 0 fully saturated rings. The summed E-state index contributed by atoms with van der Waals surface area (Å²) in [5.74, 6) is 0.537. The van der Waals surface area contributed by atoms with Gasteiger partial charge in [0, 0.05) is 22.2 Å². The molecule has 24 heavy (non-hydrogen) atoms. The topological polar surface area (TPSA) is 63.7 Å². The fourth-order valence-electron chi connectivity index (χ4n) is 2.19. The Morgan fingerprint density at radius 3 is 2.38 bits per heavy atom. The number of halogens is 2. The number of carbonyl (C=O) groups excluding carboxylic acids is 1. The first-order valence-corrected chi connectivity index (χ1v) is 9.63. The fraction of sp³-hybridized carbons (Fsp3) is 0.188. The summed E-state index contributed by atoms with van der Waals surface area (Å²) in [5.41, 5.74) is 1.44. The van der Waals surface area contributed by atoms with Crippen molar-refractivity contribution >= 4 is 43.4 Å². The summed E-state index contributed by atoms with van der Waals surface area (Å²) in [6, 6.07) is 11.2. The number of benzene rings is 2. The highest BCUT2D eigenvalue weighted by atomic mass is 35.7. The van der Waals surface area contributed by atoms with Crippen molar-refractivity contribution in [2.45, 2.75) is 11.3 Å². The zero-order chi connectivity index (χ0) is 17.7. The van der Waals surface area contributed by atoms with Crippen molar-refractivity contribution in [1.82, 2.24) is 0 Å². The standard InChI is InChI=1S/C16H15Cl2NO4S/c1-23-16-7-4-13(17)10-15(16)19(11-20)9-8-12-2-5-14(6-3-12)24(18,21)22/h2-7,10-11H,8-9H2,1H3. The first kappa shape index (κ1) is 18.6. The van der Waals surface area contributed by atoms with E-state index in [1.54, 1.807) is 30.3 Å². The van der Waals surface area contributed by atoms with Crippen molar-refractivity contribution in [1.29, 1.82) is 0 Å². The van der Waals surface area contributed by atoms with Gasteiger partial charge in [0.2, 0.25) is 6.41 Å². The second-order valence-corrected chi connectivity index (χ2v) is 7.95. The zero-order valence-corrected chi connectivity index (χ0v) is 15.1. The van der Waals surface area contributed by atoms with Crippen LogP contribution in [0.3, 0.4) is 0 Å². The lowest BCUT2D eigenvalue weighted by molar-refractivity contribution is -0.107. The van der Waals surface area contributed by atoms with Gasteiger partial charge in [-0.1, -0.05) is 23.7 Å². The number of hydrogen-bond donors (Lipinski definition) is 0. The monoisotopic (exact) mass is 387 g/mol. The molecule has 1 amide bonds. The van der Waals surface area contributed by atoms with Gasteiger partial charge in [0.05, 0.1) is 17.7 Å². The Morgan fingerprint density at radius 1 is 1.17 bits per heavy atom. The highest BCUT2D eigenvalue weighted by Gasteiger charge is 2.13. The molecule has 2 rings (SSSR count). The molecule has 0 spiro atoms. The van der Waals surface area contributed by atoms with Crippen LogP contribution in [0.25, 0.3) is 0 Å². The molecule has 0 saturated heterocycles. The Balaban J connectivity index is 2.14. The Kier molecular flexibility index (Phi) is 6.10. The molecule has 2 aromatic rings. The molecule has 0 aliphatic rings. The average molecular weight is 388 g/mol. The Labute approximate surface area is 150 Å². The summed E-state index contributed by atoms with van der Waals surface area (Å²) < 4.78 is 27.7. The maximum Gasteiger partial charge on any atom is 0.261 e. The highest BCUT2D eigenvalue weighted by molar-refractivity contribution is 8.13. The van der Waals surface area contributed by atoms with Crippen LogP contribution in [0.15, 0.2) is 47.4 Å². The van der Waals surface area contributed by atoms with E-state index in [0.29, 0.717) is 35.8 Å². The minimum atomic E-state index is -3.74. The molecule has 0 saturated carbocycles. The van der Waals surface area contributed by atoms with Crippen molar-refractivity contribution < 1.29 is 17.9 Å². The zero-order valence-electron chi connectivity index (χ0n) is 12.8. The molecule has 0 bridgehead atoms. The molecule has 0 radical (unpaired) electrons. The minimum absolute atomic E-state index is 0.0386. The number of anilines is 1. The highest BCUT2D eigenvalue weighted by Crippen LogP contribution is 2.30. The Bertz CT molecular complexity index is 822. The molecule has 5 nitrogen and oxygen atoms in total. The first-order chi connectivity index (χ1) is 11.3. The third kappa shape index (κ3) is 4.63. The van der Waals surface area contributed by atoms with E-state index in [0.717, 1.165) is 5.56 Å². The van der Waals surface area contributed by atoms with Gasteiger partial charge in [-0.15, -0.1) is 0 Å². The lowest BCUT2D eigenvalue weighted by atomic mass is 10.1. The molecule has 0 N–H and O–H groups in total. The quantitative estimate of drug-likeness (QED) is 0.538. The molecule has 0 heterocycles. The number of nitrogens with zero attached hydrogens (tertiary/aromatic N) is 1. The van der Waals surface area contributed by atoms with E-state index in [1.807, 2.05) is 0 Å². The number of rotatable bonds is 7. The summed E-state index contributed by atoms with van der Waals surface area (Å²) in [7, 11) is 3.06. The van der Waals surface area contributed by atoms with E-state index >= 15 is 0 Å². The van der Waals surface area contributed by atoms with Gasteiger partial charge >= 0.3 is 0 Å². The summed E-state index contributed by atoms with van der Waals surface area (Å²) in [6.07, 6.45) is 1.22. The predicted molar refractivity (Wildman–Crippen MR) is 94.6 cm³/mol. The molecule has 0 unspecified atom stereocenters. The van der Waals surface area contributed by atoms with Gasteiger partial charge in [0.1, 0.15) is 5.75 Å². The maximum atomic E-state index is 11.4. The largest absolute Gasteiger partial charge is 0.495 e. The van der Waals surface area contributed by atoms with Crippen LogP contribution in [0.2, 0.25) is 5.02 Å². The van der Waals surface area contributed by atoms with Crippen molar-refractivity contribution in [3.8, 4) is 5.75 Å². The number of hydrogen-bond acceptors (Lipinski definition) is 4. The van der Waals surface area contributed by atoms with Crippen LogP contribution < -0.4 is 9.64 Å². The van der Waals surface area contributed by atoms with Gasteiger partial charge in [-0.25, -0.2) is 8.42 Å². The SMILES string of the molecule is COc1ccc(Cl)cc1N(C=O)CCc1ccc(S(=O)(=O)Cl)cc1. The first-order valence-electron chi connectivity index (χ1n) is 6.94. The number of ether oxygens (including phenoxy) is 1. The van der Waals surface area contributed by atoms with Crippen molar-refractivity contribution in [3.05, 3.63) is 53.1 Å². The summed E-state index contributed by atoms with van der Waals surface area (Å²) in [5, 5.41) is 0.495. The molecule has 0 aliphatic carbocycles.